The van der Waals surface area contributed by atoms with E-state index in [1.165, 1.54) is 98.2 Å². The van der Waals surface area contributed by atoms with E-state index in [2.05, 4.69) is 231 Å². The molecule has 5 nitrogen and oxygen atoms in total. The summed E-state index contributed by atoms with van der Waals surface area (Å²) >= 11 is 0. The summed E-state index contributed by atoms with van der Waals surface area (Å²) in [6.07, 6.45) is 13.0. The van der Waals surface area contributed by atoms with Gasteiger partial charge in [0.1, 0.15) is 0 Å². The van der Waals surface area contributed by atoms with Crippen molar-refractivity contribution in [2.24, 2.45) is 0 Å². The molecule has 5 aromatic heterocycles. The Balaban J connectivity index is 0.000000119. The van der Waals surface area contributed by atoms with Crippen molar-refractivity contribution in [2.75, 3.05) is 0 Å². The zero-order chi connectivity index (χ0) is 53.8. The SMILES string of the molecule is Cc1ccc2ccccc2c1.Cc1ccc2ncccc2c1.Cc1cccc2ccccc12.Cc1cccc2cnccc12.Cc1cccc2ncccc12.Cc1ccnc2ccccc12.Cc1cncc2ccccc12. The molecule has 0 saturated carbocycles. The fourth-order valence-electron chi connectivity index (χ4n) is 8.94. The van der Waals surface area contributed by atoms with Gasteiger partial charge in [0.2, 0.25) is 0 Å². The molecule has 0 N–H and O–H groups in total. The van der Waals surface area contributed by atoms with Crippen LogP contribution in [0.15, 0.2) is 268 Å². The number of hydrogen-bond acceptors (Lipinski definition) is 5. The van der Waals surface area contributed by atoms with E-state index in [-0.39, 0.29) is 0 Å². The van der Waals surface area contributed by atoms with E-state index < -0.39 is 0 Å². The highest BCUT2D eigenvalue weighted by Gasteiger charge is 1.98. The lowest BCUT2D eigenvalue weighted by atomic mass is 10.1. The van der Waals surface area contributed by atoms with E-state index in [4.69, 9.17) is 0 Å². The largest absolute Gasteiger partial charge is 0.264 e. The van der Waals surface area contributed by atoms with Gasteiger partial charge in [0.15, 0.2) is 0 Å². The van der Waals surface area contributed by atoms with Gasteiger partial charge in [0.25, 0.3) is 0 Å². The van der Waals surface area contributed by atoms with Crippen LogP contribution in [-0.4, -0.2) is 24.9 Å². The summed E-state index contributed by atoms with van der Waals surface area (Å²) in [6, 6.07) is 77.0. The Morgan fingerprint density at radius 3 is 1.32 bits per heavy atom. The van der Waals surface area contributed by atoms with Crippen molar-refractivity contribution >= 4 is 75.8 Å². The molecule has 14 rings (SSSR count). The minimum atomic E-state index is 1.07. The number of aryl methyl sites for hydroxylation is 7. The maximum atomic E-state index is 4.24. The third kappa shape index (κ3) is 15.1. The zero-order valence-corrected chi connectivity index (χ0v) is 45.1. The number of rotatable bonds is 0. The van der Waals surface area contributed by atoms with E-state index in [1.807, 2.05) is 110 Å². The topological polar surface area (TPSA) is 64.5 Å². The maximum Gasteiger partial charge on any atom is 0.0704 e. The molecule has 0 amide bonds. The lowest BCUT2D eigenvalue weighted by Gasteiger charge is -1.98. The molecule has 378 valence electrons. The van der Waals surface area contributed by atoms with Crippen molar-refractivity contribution in [3.63, 3.8) is 0 Å². The molecule has 0 atom stereocenters. The average Bonchev–Trinajstić information content (AvgIpc) is 3.47. The van der Waals surface area contributed by atoms with Crippen molar-refractivity contribution < 1.29 is 0 Å². The van der Waals surface area contributed by atoms with Gasteiger partial charge < -0.3 is 0 Å². The Kier molecular flexibility index (Phi) is 19.0. The second-order valence-corrected chi connectivity index (χ2v) is 19.0. The smallest absolute Gasteiger partial charge is 0.0704 e. The molecule has 0 saturated heterocycles. The summed E-state index contributed by atoms with van der Waals surface area (Å²) in [4.78, 5) is 20.9. The predicted molar refractivity (Wildman–Crippen MR) is 330 cm³/mol. The van der Waals surface area contributed by atoms with Crippen LogP contribution in [0.4, 0.5) is 0 Å². The van der Waals surface area contributed by atoms with Crippen molar-refractivity contribution in [2.45, 2.75) is 48.5 Å². The fourth-order valence-corrected chi connectivity index (χ4v) is 8.94. The zero-order valence-electron chi connectivity index (χ0n) is 45.1. The van der Waals surface area contributed by atoms with Crippen LogP contribution in [0.25, 0.3) is 75.8 Å². The third-order valence-corrected chi connectivity index (χ3v) is 13.2. The molecule has 0 unspecified atom stereocenters. The average molecular weight is 1000 g/mol. The van der Waals surface area contributed by atoms with Gasteiger partial charge >= 0.3 is 0 Å². The minimum Gasteiger partial charge on any atom is -0.264 e. The van der Waals surface area contributed by atoms with Crippen molar-refractivity contribution in [1.82, 2.24) is 24.9 Å². The number of aromatic nitrogens is 5. The second kappa shape index (κ2) is 27.2. The highest BCUT2D eigenvalue weighted by Crippen LogP contribution is 2.20. The Morgan fingerprint density at radius 2 is 0.649 bits per heavy atom. The van der Waals surface area contributed by atoms with Gasteiger partial charge in [-0.2, -0.15) is 0 Å². The minimum absolute atomic E-state index is 1.07. The molecule has 0 spiro atoms. The number of benzene rings is 9. The van der Waals surface area contributed by atoms with Crippen LogP contribution in [-0.2, 0) is 0 Å². The van der Waals surface area contributed by atoms with Gasteiger partial charge in [-0.1, -0.05) is 187 Å². The molecule has 77 heavy (non-hydrogen) atoms. The molecule has 14 aromatic rings. The van der Waals surface area contributed by atoms with Crippen LogP contribution >= 0.6 is 0 Å². The van der Waals surface area contributed by atoms with Crippen LogP contribution in [0.3, 0.4) is 0 Å². The van der Waals surface area contributed by atoms with E-state index in [0.717, 1.165) is 16.6 Å². The molecule has 0 aliphatic rings. The Hall–Kier alpha value is -9.45. The van der Waals surface area contributed by atoms with Gasteiger partial charge in [0.05, 0.1) is 16.6 Å². The van der Waals surface area contributed by atoms with Crippen LogP contribution in [0.5, 0.6) is 0 Å². The number of hydrogen-bond donors (Lipinski definition) is 0. The van der Waals surface area contributed by atoms with Crippen LogP contribution in [0.1, 0.15) is 38.9 Å². The normalized spacial score (nSPS) is 10.3. The number of nitrogens with zero attached hydrogens (tertiary/aromatic N) is 5. The van der Waals surface area contributed by atoms with Gasteiger partial charge in [-0.25, -0.2) is 0 Å². The first-order chi connectivity index (χ1) is 37.6. The standard InChI is InChI=1S/2C11H10.5C10H9N/c1-9-5-4-7-10-6-2-3-8-11(9)10;1-9-6-7-10-4-2-3-5-11(10)8-9;1-8-4-2-6-10-9(8)5-3-7-11-10;1-8-4-5-10-9(7-8)3-2-6-11-10;1-8-3-2-4-9-7-11-6-5-10(8)9;1-8-6-11-7-9-4-2-3-5-10(8)9;1-8-6-7-11-10-5-3-2-4-9(8)10/h2*2-8H,1H3;5*2-7H,1H3. The third-order valence-electron chi connectivity index (χ3n) is 13.2. The van der Waals surface area contributed by atoms with Crippen molar-refractivity contribution in [3.05, 3.63) is 307 Å². The first-order valence-electron chi connectivity index (χ1n) is 26.0. The summed E-state index contributed by atoms with van der Waals surface area (Å²) in [5.41, 5.74) is 12.3. The molecule has 0 bridgehead atoms. The van der Waals surface area contributed by atoms with Gasteiger partial charge in [-0.15, -0.1) is 0 Å². The van der Waals surface area contributed by atoms with Gasteiger partial charge in [0, 0.05) is 70.3 Å². The van der Waals surface area contributed by atoms with Gasteiger partial charge in [-0.3, -0.25) is 24.9 Å². The highest BCUT2D eigenvalue weighted by molar-refractivity contribution is 5.87. The van der Waals surface area contributed by atoms with Crippen LogP contribution in [0, 0.1) is 48.5 Å². The molecule has 0 radical (unpaired) electrons. The van der Waals surface area contributed by atoms with Gasteiger partial charge in [-0.05, 0) is 157 Å². The lowest BCUT2D eigenvalue weighted by molar-refractivity contribution is 1.31. The summed E-state index contributed by atoms with van der Waals surface area (Å²) in [5, 5.41) is 14.1. The molecule has 0 aliphatic carbocycles. The molecular formula is C72H65N5. The van der Waals surface area contributed by atoms with E-state index in [9.17, 15) is 0 Å². The quantitative estimate of drug-likeness (QED) is 0.151. The number of para-hydroxylation sites is 1. The summed E-state index contributed by atoms with van der Waals surface area (Å²) < 4.78 is 0. The van der Waals surface area contributed by atoms with Crippen molar-refractivity contribution in [3.8, 4) is 0 Å². The number of fused-ring (bicyclic) bond motifs is 7. The first-order valence-corrected chi connectivity index (χ1v) is 26.0. The molecule has 5 heteroatoms. The van der Waals surface area contributed by atoms with Crippen LogP contribution < -0.4 is 0 Å². The Morgan fingerprint density at radius 1 is 0.221 bits per heavy atom. The maximum absolute atomic E-state index is 4.24. The molecule has 5 heterocycles. The van der Waals surface area contributed by atoms with E-state index >= 15 is 0 Å². The van der Waals surface area contributed by atoms with E-state index in [0.29, 0.717) is 0 Å². The summed E-state index contributed by atoms with van der Waals surface area (Å²) in [7, 11) is 0. The second-order valence-electron chi connectivity index (χ2n) is 19.0. The molecule has 9 aromatic carbocycles. The number of pyridine rings is 5. The first kappa shape index (κ1) is 53.8. The monoisotopic (exact) mass is 1000 g/mol. The highest BCUT2D eigenvalue weighted by atomic mass is 14.7. The Labute approximate surface area is 453 Å². The molecule has 0 fully saturated rings. The van der Waals surface area contributed by atoms with Crippen molar-refractivity contribution in [1.29, 1.82) is 0 Å². The summed E-state index contributed by atoms with van der Waals surface area (Å²) in [6.45, 7) is 14.7. The predicted octanol–water partition coefficient (Wildman–Crippen LogP) is 19.0. The molecular weight excluding hydrogens is 935 g/mol. The fraction of sp³-hybridized carbons (Fsp3) is 0.0972. The molecule has 0 aliphatic heterocycles. The van der Waals surface area contributed by atoms with Crippen LogP contribution in [0.2, 0.25) is 0 Å². The Bertz CT molecular complexity index is 3600. The van der Waals surface area contributed by atoms with E-state index in [1.54, 1.807) is 0 Å². The summed E-state index contributed by atoms with van der Waals surface area (Å²) in [5.74, 6) is 0. The lowest BCUT2D eigenvalue weighted by Crippen LogP contribution is -1.79.